The number of nitrogens with zero attached hydrogens (tertiary/aromatic N) is 2. The number of ether oxygens (including phenoxy) is 2. The van der Waals surface area contributed by atoms with Crippen molar-refractivity contribution in [3.63, 3.8) is 0 Å². The molecule has 0 aromatic heterocycles. The Morgan fingerprint density at radius 1 is 1.12 bits per heavy atom. The number of carbonyl (C=O) groups is 2. The summed E-state index contributed by atoms with van der Waals surface area (Å²) < 4.78 is 67.9. The number of hydrogen-bond donors (Lipinski definition) is 1. The van der Waals surface area contributed by atoms with Crippen molar-refractivity contribution in [3.8, 4) is 5.75 Å². The van der Waals surface area contributed by atoms with E-state index in [-0.39, 0.29) is 50.3 Å². The lowest BCUT2D eigenvalue weighted by Crippen LogP contribution is -2.53. The maximum absolute atomic E-state index is 16.5. The van der Waals surface area contributed by atoms with Gasteiger partial charge in [-0.25, -0.2) is 9.18 Å². The first kappa shape index (κ1) is 30.5. The number of hydrogen-bond acceptors (Lipinski definition) is 6. The summed E-state index contributed by atoms with van der Waals surface area (Å²) in [5, 5.41) is 10.1. The molecule has 1 amide bonds. The summed E-state index contributed by atoms with van der Waals surface area (Å²) in [6, 6.07) is 5.71. The highest BCUT2D eigenvalue weighted by Gasteiger charge is 2.58. The molecule has 2 aliphatic heterocycles. The molecule has 7 nitrogen and oxygen atoms in total. The van der Waals surface area contributed by atoms with Crippen LogP contribution in [0.5, 0.6) is 5.75 Å². The molecule has 1 aromatic carbocycles. The van der Waals surface area contributed by atoms with Crippen LogP contribution in [-0.4, -0.2) is 90.7 Å². The molecule has 2 aliphatic carbocycles. The zero-order chi connectivity index (χ0) is 30.1. The smallest absolute Gasteiger partial charge is 0.395 e. The van der Waals surface area contributed by atoms with Gasteiger partial charge < -0.3 is 24.4 Å². The number of carbonyl (C=O) groups excluding carboxylic acids is 2. The number of halogens is 4. The van der Waals surface area contributed by atoms with E-state index >= 15 is 4.39 Å². The summed E-state index contributed by atoms with van der Waals surface area (Å²) in [5.74, 6) is -0.792. The van der Waals surface area contributed by atoms with Gasteiger partial charge in [0.1, 0.15) is 11.8 Å². The topological polar surface area (TPSA) is 79.3 Å². The van der Waals surface area contributed by atoms with Gasteiger partial charge in [0.15, 0.2) is 0 Å². The predicted octanol–water partition coefficient (Wildman–Crippen LogP) is 4.70. The monoisotopic (exact) mass is 594 g/mol. The van der Waals surface area contributed by atoms with E-state index in [1.807, 2.05) is 4.90 Å². The molecule has 4 aliphatic rings. The molecule has 0 radical (unpaired) electrons. The molecule has 11 heteroatoms. The van der Waals surface area contributed by atoms with Crippen LogP contribution in [-0.2, 0) is 14.3 Å². The van der Waals surface area contributed by atoms with E-state index in [0.717, 1.165) is 17.7 Å². The molecule has 3 atom stereocenters. The lowest BCUT2D eigenvalue weighted by atomic mass is 9.67. The van der Waals surface area contributed by atoms with E-state index in [2.05, 4.69) is 0 Å². The first-order chi connectivity index (χ1) is 20.0. The Bertz CT molecular complexity index is 1200. The average molecular weight is 595 g/mol. The molecule has 0 spiro atoms. The van der Waals surface area contributed by atoms with Crippen molar-refractivity contribution < 1.29 is 41.7 Å². The third kappa shape index (κ3) is 5.95. The number of alkyl halides is 4. The number of allylic oxidation sites excluding steroid dienone is 3. The lowest BCUT2D eigenvalue weighted by Gasteiger charge is -2.47. The number of amides is 1. The number of β-amino-alcohol motifs (C(OH)–C–C–N with tert-alkyl or cyclic N) is 1. The molecule has 42 heavy (non-hydrogen) atoms. The fourth-order valence-corrected chi connectivity index (χ4v) is 6.61. The minimum absolute atomic E-state index is 0.0111. The first-order valence-electron chi connectivity index (χ1n) is 14.6. The van der Waals surface area contributed by atoms with Crippen LogP contribution in [0, 0.1) is 11.3 Å². The summed E-state index contributed by atoms with van der Waals surface area (Å²) in [4.78, 5) is 28.7. The maximum atomic E-state index is 16.5. The van der Waals surface area contributed by atoms with E-state index in [4.69, 9.17) is 9.47 Å². The highest BCUT2D eigenvalue weighted by Crippen LogP contribution is 2.53. The molecule has 1 aromatic rings. The largest absolute Gasteiger partial charge is 0.493 e. The van der Waals surface area contributed by atoms with Gasteiger partial charge in [-0.15, -0.1) is 0 Å². The van der Waals surface area contributed by atoms with Crippen LogP contribution in [0.2, 0.25) is 0 Å². The van der Waals surface area contributed by atoms with Gasteiger partial charge in [0, 0.05) is 31.5 Å². The summed E-state index contributed by atoms with van der Waals surface area (Å²) in [6.45, 7) is 1.59. The van der Waals surface area contributed by atoms with Gasteiger partial charge in [0.25, 0.3) is 5.91 Å². The number of esters is 1. The second-order valence-corrected chi connectivity index (χ2v) is 12.1. The van der Waals surface area contributed by atoms with Crippen molar-refractivity contribution in [2.75, 3.05) is 39.9 Å². The van der Waals surface area contributed by atoms with Crippen LogP contribution in [0.3, 0.4) is 0 Å². The fraction of sp³-hybridized carbons (Fsp3) is 0.613. The molecule has 1 saturated carbocycles. The Labute approximate surface area is 243 Å². The van der Waals surface area contributed by atoms with Crippen LogP contribution < -0.4 is 4.74 Å². The zero-order valence-electron chi connectivity index (χ0n) is 23.7. The minimum atomic E-state index is -4.15. The third-order valence-corrected chi connectivity index (χ3v) is 9.37. The standard InChI is InChI=1S/C31H38F4N2O5/c1-41-27(39)26-17-23(38)18-37(26)28(40)30(32)14-3-2-5-25(30)22-6-8-24(9-7-22)42-19-21-10-15-36(16-11-21)20-29(12-4-13-29)31(33,34)35/h2-3,5-9,21,23,26,38H,4,10-20H2,1H3/t23-,26+,30?/m1/s1. The van der Waals surface area contributed by atoms with Crippen molar-refractivity contribution in [2.45, 2.75) is 68.9 Å². The predicted molar refractivity (Wildman–Crippen MR) is 147 cm³/mol. The Kier molecular flexibility index (Phi) is 8.72. The van der Waals surface area contributed by atoms with Crippen molar-refractivity contribution >= 4 is 17.4 Å². The molecular weight excluding hydrogens is 556 g/mol. The molecule has 230 valence electrons. The zero-order valence-corrected chi connectivity index (χ0v) is 23.7. The van der Waals surface area contributed by atoms with Crippen LogP contribution in [0.1, 0.15) is 50.5 Å². The van der Waals surface area contributed by atoms with Gasteiger partial charge in [0.05, 0.1) is 25.2 Å². The molecule has 3 fully saturated rings. The van der Waals surface area contributed by atoms with Crippen LogP contribution in [0.4, 0.5) is 17.6 Å². The Morgan fingerprint density at radius 3 is 2.40 bits per heavy atom. The Balaban J connectivity index is 1.17. The van der Waals surface area contributed by atoms with E-state index in [9.17, 15) is 27.9 Å². The highest BCUT2D eigenvalue weighted by atomic mass is 19.4. The van der Waals surface area contributed by atoms with Crippen molar-refractivity contribution in [3.05, 3.63) is 48.1 Å². The number of aliphatic hydroxyl groups excluding tert-OH is 1. The van der Waals surface area contributed by atoms with Crippen molar-refractivity contribution in [1.29, 1.82) is 0 Å². The second kappa shape index (κ2) is 12.0. The first-order valence-corrected chi connectivity index (χ1v) is 14.6. The SMILES string of the molecule is COC(=O)[C@@H]1C[C@@H](O)CN1C(=O)C1(F)CC=CC=C1c1ccc(OCC2CCN(CC3(C(F)(F)F)CCC3)CC2)cc1. The number of piperidine rings is 1. The molecular formula is C31H38F4N2O5. The van der Waals surface area contributed by atoms with Crippen LogP contribution in [0.25, 0.3) is 5.57 Å². The van der Waals surface area contributed by atoms with E-state index < -0.39 is 41.3 Å². The second-order valence-electron chi connectivity index (χ2n) is 12.1. The summed E-state index contributed by atoms with van der Waals surface area (Å²) in [6.07, 6.45) is 2.04. The van der Waals surface area contributed by atoms with Crippen molar-refractivity contribution in [2.24, 2.45) is 11.3 Å². The normalized spacial score (nSPS) is 28.2. The number of benzene rings is 1. The maximum Gasteiger partial charge on any atom is 0.395 e. The van der Waals surface area contributed by atoms with E-state index in [1.165, 1.54) is 13.2 Å². The van der Waals surface area contributed by atoms with E-state index in [1.54, 1.807) is 36.4 Å². The highest BCUT2D eigenvalue weighted by molar-refractivity contribution is 6.02. The van der Waals surface area contributed by atoms with Crippen molar-refractivity contribution in [1.82, 2.24) is 9.80 Å². The lowest BCUT2D eigenvalue weighted by molar-refractivity contribution is -0.256. The fourth-order valence-electron chi connectivity index (χ4n) is 6.61. The van der Waals surface area contributed by atoms with Gasteiger partial charge in [-0.3, -0.25) is 4.79 Å². The molecule has 2 saturated heterocycles. The molecule has 1 N–H and O–H groups in total. The third-order valence-electron chi connectivity index (χ3n) is 9.37. The molecule has 1 unspecified atom stereocenters. The number of aliphatic hydroxyl groups is 1. The quantitative estimate of drug-likeness (QED) is 0.348. The molecule has 2 heterocycles. The summed E-state index contributed by atoms with van der Waals surface area (Å²) in [5.41, 5.74) is -3.32. The van der Waals surface area contributed by atoms with Crippen LogP contribution >= 0.6 is 0 Å². The van der Waals surface area contributed by atoms with E-state index in [0.29, 0.717) is 37.4 Å². The van der Waals surface area contributed by atoms with Gasteiger partial charge >= 0.3 is 12.1 Å². The molecule has 0 bridgehead atoms. The summed E-state index contributed by atoms with van der Waals surface area (Å²) >= 11 is 0. The van der Waals surface area contributed by atoms with Gasteiger partial charge in [-0.1, -0.05) is 36.8 Å². The Morgan fingerprint density at radius 2 is 1.81 bits per heavy atom. The minimum Gasteiger partial charge on any atom is -0.493 e. The van der Waals surface area contributed by atoms with Gasteiger partial charge in [-0.2, -0.15) is 13.2 Å². The van der Waals surface area contributed by atoms with Gasteiger partial charge in [-0.05, 0) is 62.4 Å². The Hall–Kier alpha value is -2.92. The van der Waals surface area contributed by atoms with Crippen LogP contribution in [0.15, 0.2) is 42.5 Å². The van der Waals surface area contributed by atoms with Gasteiger partial charge in [0.2, 0.25) is 5.67 Å². The summed E-state index contributed by atoms with van der Waals surface area (Å²) in [7, 11) is 1.19. The number of methoxy groups -OCH3 is 1. The average Bonchev–Trinajstić information content (AvgIpc) is 3.35. The molecule has 5 rings (SSSR count). The number of likely N-dealkylation sites (tertiary alicyclic amines) is 2. The number of rotatable bonds is 8.